The fourth-order valence-corrected chi connectivity index (χ4v) is 9.60. The lowest BCUT2D eigenvalue weighted by atomic mass is 10.1. The molecule has 0 amide bonds. The molecule has 0 aliphatic rings. The zero-order valence-corrected chi connectivity index (χ0v) is 39.2. The quantitative estimate of drug-likeness (QED) is 0.0822. The van der Waals surface area contributed by atoms with Crippen molar-refractivity contribution in [3.05, 3.63) is 138 Å². The van der Waals surface area contributed by atoms with Gasteiger partial charge in [-0.2, -0.15) is 0 Å². The van der Waals surface area contributed by atoms with Gasteiger partial charge in [-0.1, -0.05) is 78.8 Å². The zero-order chi connectivity index (χ0) is 44.8. The van der Waals surface area contributed by atoms with Crippen LogP contribution in [0.1, 0.15) is 67.8 Å². The lowest BCUT2D eigenvalue weighted by molar-refractivity contribution is 0.171. The van der Waals surface area contributed by atoms with Crippen molar-refractivity contribution in [2.24, 2.45) is 0 Å². The van der Waals surface area contributed by atoms with E-state index >= 15 is 0 Å². The molecule has 17 heteroatoms. The van der Waals surface area contributed by atoms with E-state index in [0.717, 1.165) is 32.9 Å². The summed E-state index contributed by atoms with van der Waals surface area (Å²) in [6.45, 7) is 32.9. The van der Waals surface area contributed by atoms with Crippen LogP contribution >= 0.6 is 45.9 Å². The number of aliphatic hydroxyl groups excluding tert-OH is 1. The molecule has 4 atom stereocenters. The fraction of sp³-hybridized carbons (Fsp3) is 0.318. The van der Waals surface area contributed by atoms with Gasteiger partial charge in [-0.3, -0.25) is 0 Å². The van der Waals surface area contributed by atoms with Crippen LogP contribution in [0.25, 0.3) is 30.8 Å². The van der Waals surface area contributed by atoms with E-state index in [1.807, 2.05) is 26.8 Å². The number of nitrogens with zero attached hydrogens (tertiary/aromatic N) is 6. The van der Waals surface area contributed by atoms with Gasteiger partial charge in [-0.25, -0.2) is 18.5 Å². The summed E-state index contributed by atoms with van der Waals surface area (Å²) in [6, 6.07) is 18.4. The Hall–Kier alpha value is -4.84. The molecular weight excluding hydrogens is 874 g/mol. The molecule has 3 N–H and O–H groups in total. The van der Waals surface area contributed by atoms with Crippen molar-refractivity contribution < 1.29 is 18.3 Å². The minimum atomic E-state index is -2.07. The van der Waals surface area contributed by atoms with Gasteiger partial charge in [0.2, 0.25) is 11.4 Å². The van der Waals surface area contributed by atoms with Crippen molar-refractivity contribution in [3.63, 3.8) is 0 Å². The second-order valence-corrected chi connectivity index (χ2v) is 23.4. The van der Waals surface area contributed by atoms with Crippen LogP contribution in [0.15, 0.2) is 72.8 Å². The van der Waals surface area contributed by atoms with Gasteiger partial charge in [0, 0.05) is 22.5 Å². The van der Waals surface area contributed by atoms with Gasteiger partial charge < -0.3 is 20.2 Å². The standard InChI is InChI=1S/C25H30ClFN4OSSi.C19H16ClFN4OS/c1-15-19(13-14-20(28-6)21(15)26)29-22(16(2)32-34(7,8)25(3,4)5)24-31-30-23(33-24)17-9-11-18(27)12-10-17;1-10-14(8-9-15(22-3)16(10)20)23-17(11(2)26)19-25-24-18(27-19)12-4-6-13(21)7-5-12/h9-14,16,22,29H,1-5,7-8H3;4-9,11,17,23,26H,1-2H3/t16-,22-;11-,17-/m11/s1. The first kappa shape index (κ1) is 47.2. The molecule has 2 aromatic heterocycles. The number of anilines is 2. The van der Waals surface area contributed by atoms with Gasteiger partial charge in [0.15, 0.2) is 8.32 Å². The first-order valence-corrected chi connectivity index (χ1v) is 24.4. The van der Waals surface area contributed by atoms with Crippen molar-refractivity contribution in [2.45, 2.75) is 90.9 Å². The van der Waals surface area contributed by atoms with E-state index < -0.39 is 20.5 Å². The highest BCUT2D eigenvalue weighted by Gasteiger charge is 2.40. The highest BCUT2D eigenvalue weighted by Crippen LogP contribution is 2.42. The third-order valence-electron chi connectivity index (χ3n) is 10.4. The third-order valence-corrected chi connectivity index (χ3v) is 18.1. The van der Waals surface area contributed by atoms with Crippen LogP contribution in [0.3, 0.4) is 0 Å². The molecule has 0 aliphatic heterocycles. The summed E-state index contributed by atoms with van der Waals surface area (Å²) in [5, 5.41) is 37.8. The molecule has 0 spiro atoms. The smallest absolute Gasteiger partial charge is 0.205 e. The number of halogens is 4. The largest absolute Gasteiger partial charge is 0.412 e. The molecule has 2 heterocycles. The number of benzene rings is 4. The summed E-state index contributed by atoms with van der Waals surface area (Å²) in [5.74, 6) is -0.609. The van der Waals surface area contributed by atoms with Crippen molar-refractivity contribution >= 4 is 76.9 Å². The van der Waals surface area contributed by atoms with Crippen molar-refractivity contribution in [1.29, 1.82) is 0 Å². The lowest BCUT2D eigenvalue weighted by Crippen LogP contribution is -2.45. The monoisotopic (exact) mass is 918 g/mol. The molecule has 0 unspecified atom stereocenters. The molecule has 61 heavy (non-hydrogen) atoms. The maximum absolute atomic E-state index is 13.4. The van der Waals surface area contributed by atoms with Gasteiger partial charge >= 0.3 is 0 Å². The predicted octanol–water partition coefficient (Wildman–Crippen LogP) is 13.8. The van der Waals surface area contributed by atoms with Crippen molar-refractivity contribution in [2.75, 3.05) is 10.6 Å². The maximum Gasteiger partial charge on any atom is 0.205 e. The van der Waals surface area contributed by atoms with Gasteiger partial charge in [-0.15, -0.1) is 20.4 Å². The molecule has 6 aromatic rings. The second kappa shape index (κ2) is 19.9. The number of hydrogen-bond acceptors (Lipinski definition) is 10. The summed E-state index contributed by atoms with van der Waals surface area (Å²) < 4.78 is 33.2. The zero-order valence-electron chi connectivity index (χ0n) is 35.1. The van der Waals surface area contributed by atoms with E-state index in [2.05, 4.69) is 74.6 Å². The molecule has 10 nitrogen and oxygen atoms in total. The Kier molecular flexibility index (Phi) is 15.4. The number of aromatic nitrogens is 4. The SMILES string of the molecule is [C-]#[N+]c1ccc(N[C@@H](c2nnc(-c3ccc(F)cc3)s2)[C@@H](C)O)c(C)c1Cl.[C-]#[N+]c1ccc(N[C@@H](c2nnc(-c3ccc(F)cc3)s2)[C@@H](C)O[Si](C)(C)C(C)(C)C)c(C)c1Cl. The Labute approximate surface area is 374 Å². The highest BCUT2D eigenvalue weighted by molar-refractivity contribution is 7.15. The number of aliphatic hydroxyl groups is 1. The lowest BCUT2D eigenvalue weighted by Gasteiger charge is -2.40. The summed E-state index contributed by atoms with van der Waals surface area (Å²) in [5.41, 5.74) is 5.39. The Morgan fingerprint density at radius 1 is 0.689 bits per heavy atom. The Balaban J connectivity index is 0.000000237. The normalized spacial score (nSPS) is 13.5. The summed E-state index contributed by atoms with van der Waals surface area (Å²) in [6.07, 6.45) is -0.966. The van der Waals surface area contributed by atoms with Crippen LogP contribution in [0.2, 0.25) is 28.2 Å². The summed E-state index contributed by atoms with van der Waals surface area (Å²) >= 11 is 15.4. The Bertz CT molecular complexity index is 2550. The van der Waals surface area contributed by atoms with Crippen LogP contribution in [0.4, 0.5) is 31.5 Å². The predicted molar refractivity (Wildman–Crippen MR) is 248 cm³/mol. The molecule has 6 rings (SSSR count). The molecule has 318 valence electrons. The van der Waals surface area contributed by atoms with Crippen LogP contribution in [0.5, 0.6) is 0 Å². The molecule has 0 bridgehead atoms. The van der Waals surface area contributed by atoms with Crippen LogP contribution in [-0.2, 0) is 4.43 Å². The van der Waals surface area contributed by atoms with E-state index in [0.29, 0.717) is 42.1 Å². The Morgan fingerprint density at radius 2 is 1.08 bits per heavy atom. The van der Waals surface area contributed by atoms with Gasteiger partial charge in [0.25, 0.3) is 0 Å². The van der Waals surface area contributed by atoms with E-state index in [9.17, 15) is 13.9 Å². The molecule has 0 aliphatic carbocycles. The molecular formula is C44H46Cl2F2N8O2S2Si. The Morgan fingerprint density at radius 3 is 1.46 bits per heavy atom. The average molecular weight is 920 g/mol. The van der Waals surface area contributed by atoms with Gasteiger partial charge in [0.1, 0.15) is 43.7 Å². The number of nitrogens with one attached hydrogen (secondary N) is 2. The molecule has 0 saturated carbocycles. The van der Waals surface area contributed by atoms with Gasteiger partial charge in [-0.05, 0) is 118 Å². The third kappa shape index (κ3) is 11.4. The fourth-order valence-electron chi connectivity index (χ4n) is 5.78. The summed E-state index contributed by atoms with van der Waals surface area (Å²) in [4.78, 5) is 6.87. The van der Waals surface area contributed by atoms with E-state index in [1.165, 1.54) is 46.9 Å². The second-order valence-electron chi connectivity index (χ2n) is 15.8. The summed E-state index contributed by atoms with van der Waals surface area (Å²) in [7, 11) is -2.07. The minimum absolute atomic E-state index is 0.0444. The maximum atomic E-state index is 13.4. The first-order chi connectivity index (χ1) is 28.7. The number of rotatable bonds is 12. The van der Waals surface area contributed by atoms with E-state index in [1.54, 1.807) is 49.4 Å². The minimum Gasteiger partial charge on any atom is -0.412 e. The molecule has 0 radical (unpaired) electrons. The van der Waals surface area contributed by atoms with E-state index in [-0.39, 0.29) is 28.8 Å². The first-order valence-electron chi connectivity index (χ1n) is 19.1. The molecule has 0 fully saturated rings. The number of hydrogen-bond donors (Lipinski definition) is 3. The van der Waals surface area contributed by atoms with Crippen molar-refractivity contribution in [3.8, 4) is 21.1 Å². The molecule has 4 aromatic carbocycles. The highest BCUT2D eigenvalue weighted by atomic mass is 35.5. The van der Waals surface area contributed by atoms with E-state index in [4.69, 9.17) is 40.8 Å². The van der Waals surface area contributed by atoms with Crippen LogP contribution < -0.4 is 10.6 Å². The van der Waals surface area contributed by atoms with Crippen LogP contribution in [0, 0.1) is 38.6 Å². The van der Waals surface area contributed by atoms with Crippen molar-refractivity contribution in [1.82, 2.24) is 20.4 Å². The van der Waals surface area contributed by atoms with Crippen LogP contribution in [-0.4, -0.2) is 46.0 Å². The van der Waals surface area contributed by atoms with Gasteiger partial charge in [0.05, 0.1) is 35.4 Å². The molecule has 0 saturated heterocycles. The average Bonchev–Trinajstić information content (AvgIpc) is 3.90. The topological polar surface area (TPSA) is 114 Å².